The summed E-state index contributed by atoms with van der Waals surface area (Å²) in [6.07, 6.45) is 3.47. The second-order valence-corrected chi connectivity index (χ2v) is 2.17. The smallest absolute Gasteiger partial charge is 0.228 e. The molecule has 1 rings (SSSR count). The Labute approximate surface area is 69.4 Å². The number of nitrogens with one attached hydrogen (secondary N) is 1. The predicted molar refractivity (Wildman–Crippen MR) is 40.2 cm³/mol. The lowest BCUT2D eigenvalue weighted by molar-refractivity contribution is -0.119. The Hall–Kier alpha value is -2.07. The topological polar surface area (TPSA) is 76.7 Å². The SMILES string of the molecule is N#CC(C#N)=C1C=CCC(=O)N1. The highest BCUT2D eigenvalue weighted by Crippen LogP contribution is 2.06. The molecule has 1 N–H and O–H groups in total. The Morgan fingerprint density at radius 2 is 2.17 bits per heavy atom. The largest absolute Gasteiger partial charge is 0.324 e. The molecule has 1 amide bonds. The zero-order valence-corrected chi connectivity index (χ0v) is 6.16. The molecule has 0 fully saturated rings. The van der Waals surface area contributed by atoms with Gasteiger partial charge in [-0.15, -0.1) is 0 Å². The van der Waals surface area contributed by atoms with Gasteiger partial charge in [-0.3, -0.25) is 4.79 Å². The van der Waals surface area contributed by atoms with E-state index >= 15 is 0 Å². The average Bonchev–Trinajstić information content (AvgIpc) is 2.07. The van der Waals surface area contributed by atoms with E-state index in [1.807, 2.05) is 0 Å². The predicted octanol–water partition coefficient (Wildman–Crippen LogP) is 0.364. The fourth-order valence-electron chi connectivity index (χ4n) is 0.818. The fourth-order valence-corrected chi connectivity index (χ4v) is 0.818. The van der Waals surface area contributed by atoms with E-state index in [1.165, 1.54) is 0 Å². The molecular formula is C8H5N3O. The van der Waals surface area contributed by atoms with Crippen molar-refractivity contribution < 1.29 is 4.79 Å². The number of hydrogen-bond acceptors (Lipinski definition) is 3. The van der Waals surface area contributed by atoms with E-state index in [9.17, 15) is 4.79 Å². The summed E-state index contributed by atoms with van der Waals surface area (Å²) in [5.41, 5.74) is 0.218. The van der Waals surface area contributed by atoms with E-state index in [0.29, 0.717) is 6.42 Å². The van der Waals surface area contributed by atoms with E-state index in [1.54, 1.807) is 24.3 Å². The van der Waals surface area contributed by atoms with E-state index < -0.39 is 0 Å². The van der Waals surface area contributed by atoms with E-state index in [2.05, 4.69) is 5.32 Å². The molecule has 0 saturated heterocycles. The molecule has 0 atom stereocenters. The molecule has 0 aromatic rings. The van der Waals surface area contributed by atoms with Gasteiger partial charge in [-0.2, -0.15) is 10.5 Å². The molecule has 58 valence electrons. The highest BCUT2D eigenvalue weighted by molar-refractivity contribution is 5.82. The average molecular weight is 159 g/mol. The highest BCUT2D eigenvalue weighted by atomic mass is 16.1. The Kier molecular flexibility index (Phi) is 2.25. The van der Waals surface area contributed by atoms with Crippen molar-refractivity contribution >= 4 is 5.91 Å². The van der Waals surface area contributed by atoms with Crippen LogP contribution in [0.4, 0.5) is 0 Å². The van der Waals surface area contributed by atoms with Gasteiger partial charge >= 0.3 is 0 Å². The zero-order chi connectivity index (χ0) is 8.97. The van der Waals surface area contributed by atoms with Gasteiger partial charge in [-0.1, -0.05) is 6.08 Å². The van der Waals surface area contributed by atoms with Gasteiger partial charge in [-0.25, -0.2) is 0 Å². The van der Waals surface area contributed by atoms with Crippen LogP contribution in [0, 0.1) is 22.7 Å². The standard InChI is InChI=1S/C8H5N3O/c9-4-6(5-10)7-2-1-3-8(12)11-7/h1-2H,3H2,(H,11,12). The maximum absolute atomic E-state index is 10.8. The fraction of sp³-hybridized carbons (Fsp3) is 0.125. The van der Waals surface area contributed by atoms with E-state index in [0.717, 1.165) is 0 Å². The van der Waals surface area contributed by atoms with Crippen molar-refractivity contribution in [3.8, 4) is 12.1 Å². The third-order valence-corrected chi connectivity index (χ3v) is 1.35. The van der Waals surface area contributed by atoms with Crippen molar-refractivity contribution in [1.82, 2.24) is 5.32 Å². The first-order valence-electron chi connectivity index (χ1n) is 3.29. The quantitative estimate of drug-likeness (QED) is 0.518. The van der Waals surface area contributed by atoms with Gasteiger partial charge < -0.3 is 5.32 Å². The lowest BCUT2D eigenvalue weighted by Crippen LogP contribution is -2.24. The lowest BCUT2D eigenvalue weighted by Gasteiger charge is -2.08. The molecule has 0 aliphatic carbocycles. The lowest BCUT2D eigenvalue weighted by atomic mass is 10.1. The van der Waals surface area contributed by atoms with Gasteiger partial charge in [0.2, 0.25) is 5.91 Å². The number of carbonyl (C=O) groups is 1. The van der Waals surface area contributed by atoms with Crippen molar-refractivity contribution in [2.45, 2.75) is 6.42 Å². The van der Waals surface area contributed by atoms with Gasteiger partial charge in [0.25, 0.3) is 0 Å². The molecule has 1 heterocycles. The van der Waals surface area contributed by atoms with Crippen LogP contribution in [0.3, 0.4) is 0 Å². The summed E-state index contributed by atoms with van der Waals surface area (Å²) in [5.74, 6) is -0.199. The van der Waals surface area contributed by atoms with Crippen molar-refractivity contribution in [3.05, 3.63) is 23.4 Å². The van der Waals surface area contributed by atoms with Gasteiger partial charge in [0.1, 0.15) is 12.1 Å². The number of amides is 1. The van der Waals surface area contributed by atoms with Gasteiger partial charge in [0.15, 0.2) is 5.57 Å². The Bertz CT molecular complexity index is 335. The second kappa shape index (κ2) is 3.36. The molecular weight excluding hydrogens is 154 g/mol. The van der Waals surface area contributed by atoms with Crippen LogP contribution in [0.15, 0.2) is 23.4 Å². The van der Waals surface area contributed by atoms with Crippen LogP contribution in [0.2, 0.25) is 0 Å². The second-order valence-electron chi connectivity index (χ2n) is 2.17. The summed E-state index contributed by atoms with van der Waals surface area (Å²) in [6, 6.07) is 3.39. The summed E-state index contributed by atoms with van der Waals surface area (Å²) < 4.78 is 0. The minimum Gasteiger partial charge on any atom is -0.324 e. The minimum atomic E-state index is -0.199. The molecule has 1 aliphatic rings. The van der Waals surface area contributed by atoms with Gasteiger partial charge in [0, 0.05) is 6.42 Å². The summed E-state index contributed by atoms with van der Waals surface area (Å²) in [6.45, 7) is 0. The molecule has 0 unspecified atom stereocenters. The normalized spacial score (nSPS) is 14.5. The Morgan fingerprint density at radius 3 is 2.67 bits per heavy atom. The number of carbonyl (C=O) groups excluding carboxylic acids is 1. The summed E-state index contributed by atoms with van der Waals surface area (Å²) in [4.78, 5) is 10.8. The monoisotopic (exact) mass is 159 g/mol. The number of allylic oxidation sites excluding steroid dienone is 2. The molecule has 4 heteroatoms. The molecule has 12 heavy (non-hydrogen) atoms. The highest BCUT2D eigenvalue weighted by Gasteiger charge is 2.10. The van der Waals surface area contributed by atoms with Gasteiger partial charge in [-0.05, 0) is 6.08 Å². The molecule has 0 spiro atoms. The van der Waals surface area contributed by atoms with E-state index in [-0.39, 0.29) is 17.2 Å². The molecule has 0 aromatic carbocycles. The Morgan fingerprint density at radius 1 is 1.50 bits per heavy atom. The molecule has 0 aromatic heterocycles. The third kappa shape index (κ3) is 1.50. The molecule has 0 radical (unpaired) electrons. The van der Waals surface area contributed by atoms with Crippen molar-refractivity contribution in [3.63, 3.8) is 0 Å². The van der Waals surface area contributed by atoms with Crippen LogP contribution in [-0.4, -0.2) is 5.91 Å². The van der Waals surface area contributed by atoms with Crippen LogP contribution in [0.25, 0.3) is 0 Å². The summed E-state index contributed by atoms with van der Waals surface area (Å²) >= 11 is 0. The van der Waals surface area contributed by atoms with Crippen LogP contribution in [0.1, 0.15) is 6.42 Å². The van der Waals surface area contributed by atoms with Crippen LogP contribution >= 0.6 is 0 Å². The number of hydrogen-bond donors (Lipinski definition) is 1. The Balaban J connectivity index is 3.05. The maximum Gasteiger partial charge on any atom is 0.228 e. The first-order chi connectivity index (χ1) is 5.77. The van der Waals surface area contributed by atoms with Crippen LogP contribution in [0.5, 0.6) is 0 Å². The first-order valence-corrected chi connectivity index (χ1v) is 3.29. The summed E-state index contributed by atoms with van der Waals surface area (Å²) in [5, 5.41) is 19.3. The molecule has 0 bridgehead atoms. The third-order valence-electron chi connectivity index (χ3n) is 1.35. The number of rotatable bonds is 0. The molecule has 4 nitrogen and oxygen atoms in total. The summed E-state index contributed by atoms with van der Waals surface area (Å²) in [7, 11) is 0. The number of nitriles is 2. The zero-order valence-electron chi connectivity index (χ0n) is 6.16. The van der Waals surface area contributed by atoms with Crippen LogP contribution in [-0.2, 0) is 4.79 Å². The van der Waals surface area contributed by atoms with E-state index in [4.69, 9.17) is 10.5 Å². The van der Waals surface area contributed by atoms with Gasteiger partial charge in [0.05, 0.1) is 5.70 Å². The van der Waals surface area contributed by atoms with Crippen LogP contribution < -0.4 is 5.32 Å². The maximum atomic E-state index is 10.8. The van der Waals surface area contributed by atoms with Crippen molar-refractivity contribution in [2.75, 3.05) is 0 Å². The first kappa shape index (κ1) is 8.03. The molecule has 0 saturated carbocycles. The van der Waals surface area contributed by atoms with Crippen molar-refractivity contribution in [2.24, 2.45) is 0 Å². The minimum absolute atomic E-state index is 0.0701. The van der Waals surface area contributed by atoms with Crippen molar-refractivity contribution in [1.29, 1.82) is 10.5 Å². The number of nitrogens with zero attached hydrogens (tertiary/aromatic N) is 2. The molecule has 1 aliphatic heterocycles.